The summed E-state index contributed by atoms with van der Waals surface area (Å²) in [4.78, 5) is 32.5. The summed E-state index contributed by atoms with van der Waals surface area (Å²) >= 11 is 1.10. The Morgan fingerprint density at radius 3 is 2.71 bits per heavy atom. The molecule has 5 heteroatoms. The van der Waals surface area contributed by atoms with Crippen LogP contribution in [-0.2, 0) is 14.4 Å². The van der Waals surface area contributed by atoms with Crippen LogP contribution < -0.4 is 0 Å². The van der Waals surface area contributed by atoms with Crippen LogP contribution in [0.1, 0.15) is 6.42 Å². The Bertz CT molecular complexity index is 341. The van der Waals surface area contributed by atoms with Crippen molar-refractivity contribution in [3.63, 3.8) is 0 Å². The lowest BCUT2D eigenvalue weighted by molar-refractivity contribution is -0.136. The van der Waals surface area contributed by atoms with Gasteiger partial charge in [-0.15, -0.1) is 11.8 Å². The Kier molecular flexibility index (Phi) is 3.64. The molecule has 0 spiro atoms. The number of aliphatic carboxylic acids is 1. The van der Waals surface area contributed by atoms with Gasteiger partial charge in [0.25, 0.3) is 0 Å². The first kappa shape index (κ1) is 10.7. The number of hydrogen-bond acceptors (Lipinski definition) is 4. The summed E-state index contributed by atoms with van der Waals surface area (Å²) in [5.74, 6) is -1.08. The highest BCUT2D eigenvalue weighted by atomic mass is 32.2. The van der Waals surface area contributed by atoms with Crippen LogP contribution in [0.25, 0.3) is 0 Å². The van der Waals surface area contributed by atoms with Crippen molar-refractivity contribution in [1.82, 2.24) is 0 Å². The minimum absolute atomic E-state index is 0.0206. The van der Waals surface area contributed by atoms with Gasteiger partial charge in [-0.05, 0) is 12.2 Å². The fourth-order valence-electron chi connectivity index (χ4n) is 0.849. The minimum Gasteiger partial charge on any atom is -0.481 e. The van der Waals surface area contributed by atoms with Gasteiger partial charge in [0.05, 0.1) is 11.3 Å². The third-order valence-corrected chi connectivity index (χ3v) is 2.53. The van der Waals surface area contributed by atoms with Crippen LogP contribution in [0.2, 0.25) is 0 Å². The molecule has 14 heavy (non-hydrogen) atoms. The lowest BCUT2D eigenvalue weighted by Crippen LogP contribution is -2.06. The molecule has 0 aliphatic heterocycles. The maximum absolute atomic E-state index is 11.1. The molecule has 0 bridgehead atoms. The van der Waals surface area contributed by atoms with Gasteiger partial charge in [-0.2, -0.15) is 0 Å². The predicted octanol–water partition coefficient (Wildman–Crippen LogP) is 0.786. The second-order valence-corrected chi connectivity index (χ2v) is 3.74. The van der Waals surface area contributed by atoms with Gasteiger partial charge in [0.15, 0.2) is 11.6 Å². The van der Waals surface area contributed by atoms with Crippen molar-refractivity contribution in [2.24, 2.45) is 0 Å². The van der Waals surface area contributed by atoms with Gasteiger partial charge in [-0.3, -0.25) is 14.4 Å². The number of carbonyl (C=O) groups excluding carboxylic acids is 2. The Balaban J connectivity index is 2.48. The summed E-state index contributed by atoms with van der Waals surface area (Å²) in [5.41, 5.74) is 0. The largest absolute Gasteiger partial charge is 0.481 e. The summed E-state index contributed by atoms with van der Waals surface area (Å²) in [6.07, 6.45) is 3.61. The topological polar surface area (TPSA) is 71.4 Å². The SMILES string of the molecule is O=C1C=CC(=O)C(SCCC(=O)O)=C1. The molecule has 1 aliphatic carbocycles. The first-order chi connectivity index (χ1) is 6.59. The van der Waals surface area contributed by atoms with E-state index in [9.17, 15) is 14.4 Å². The van der Waals surface area contributed by atoms with Gasteiger partial charge in [0.1, 0.15) is 0 Å². The number of rotatable bonds is 4. The van der Waals surface area contributed by atoms with Gasteiger partial charge >= 0.3 is 5.97 Å². The van der Waals surface area contributed by atoms with Crippen molar-refractivity contribution < 1.29 is 19.5 Å². The molecule has 4 nitrogen and oxygen atoms in total. The number of hydrogen-bond donors (Lipinski definition) is 1. The summed E-state index contributed by atoms with van der Waals surface area (Å²) in [7, 11) is 0. The molecule has 74 valence electrons. The molecule has 0 amide bonds. The molecular weight excluding hydrogens is 204 g/mol. The Labute approximate surface area is 84.7 Å². The van der Waals surface area contributed by atoms with E-state index in [1.807, 2.05) is 0 Å². The van der Waals surface area contributed by atoms with Gasteiger partial charge in [0.2, 0.25) is 0 Å². The van der Waals surface area contributed by atoms with Crippen LogP contribution in [0.4, 0.5) is 0 Å². The van der Waals surface area contributed by atoms with Gasteiger partial charge in [0, 0.05) is 11.8 Å². The maximum Gasteiger partial charge on any atom is 0.304 e. The Hall–Kier alpha value is -1.36. The zero-order valence-corrected chi connectivity index (χ0v) is 8.04. The lowest BCUT2D eigenvalue weighted by atomic mass is 10.2. The monoisotopic (exact) mass is 212 g/mol. The molecule has 0 radical (unpaired) electrons. The van der Waals surface area contributed by atoms with Crippen molar-refractivity contribution in [1.29, 1.82) is 0 Å². The summed E-state index contributed by atoms with van der Waals surface area (Å²) in [6.45, 7) is 0. The van der Waals surface area contributed by atoms with Crippen LogP contribution in [0.15, 0.2) is 23.1 Å². The molecule has 0 aromatic carbocycles. The molecule has 0 aromatic rings. The zero-order chi connectivity index (χ0) is 10.6. The molecule has 1 rings (SSSR count). The van der Waals surface area contributed by atoms with Crippen molar-refractivity contribution in [3.05, 3.63) is 23.1 Å². The van der Waals surface area contributed by atoms with Crippen molar-refractivity contribution in [3.8, 4) is 0 Å². The molecular formula is C9H8O4S. The highest BCUT2D eigenvalue weighted by Crippen LogP contribution is 2.20. The average Bonchev–Trinajstić information content (AvgIpc) is 2.10. The van der Waals surface area contributed by atoms with Gasteiger partial charge in [-0.1, -0.05) is 0 Å². The predicted molar refractivity (Wildman–Crippen MR) is 51.9 cm³/mol. The Morgan fingerprint density at radius 1 is 1.36 bits per heavy atom. The van der Waals surface area contributed by atoms with Gasteiger partial charge < -0.3 is 5.11 Å². The minimum atomic E-state index is -0.914. The van der Waals surface area contributed by atoms with Crippen molar-refractivity contribution in [2.45, 2.75) is 6.42 Å². The smallest absolute Gasteiger partial charge is 0.304 e. The molecule has 0 heterocycles. The molecule has 0 unspecified atom stereocenters. The number of thioether (sulfide) groups is 1. The molecule has 0 fully saturated rings. The third kappa shape index (κ3) is 3.18. The molecule has 0 saturated heterocycles. The standard InChI is InChI=1S/C9H8O4S/c10-6-1-2-7(11)8(5-6)14-4-3-9(12)13/h1-2,5H,3-4H2,(H,12,13). The summed E-state index contributed by atoms with van der Waals surface area (Å²) in [6, 6.07) is 0. The molecule has 0 saturated carbocycles. The first-order valence-electron chi connectivity index (χ1n) is 3.92. The van der Waals surface area contributed by atoms with Crippen molar-refractivity contribution in [2.75, 3.05) is 5.75 Å². The molecule has 1 aliphatic rings. The highest BCUT2D eigenvalue weighted by molar-refractivity contribution is 8.04. The van der Waals surface area contributed by atoms with Gasteiger partial charge in [-0.25, -0.2) is 0 Å². The zero-order valence-electron chi connectivity index (χ0n) is 7.23. The van der Waals surface area contributed by atoms with Crippen LogP contribution in [0, 0.1) is 0 Å². The van der Waals surface area contributed by atoms with Crippen LogP contribution in [0.3, 0.4) is 0 Å². The van der Waals surface area contributed by atoms with Crippen LogP contribution in [0.5, 0.6) is 0 Å². The van der Waals surface area contributed by atoms with E-state index in [4.69, 9.17) is 5.11 Å². The van der Waals surface area contributed by atoms with E-state index in [1.54, 1.807) is 0 Å². The average molecular weight is 212 g/mol. The van der Waals surface area contributed by atoms with E-state index in [2.05, 4.69) is 0 Å². The number of ketones is 2. The van der Waals surface area contributed by atoms with Crippen molar-refractivity contribution >= 4 is 29.3 Å². The fourth-order valence-corrected chi connectivity index (χ4v) is 1.76. The number of carboxylic acid groups (broad SMARTS) is 1. The Morgan fingerprint density at radius 2 is 2.07 bits per heavy atom. The van der Waals surface area contributed by atoms with E-state index < -0.39 is 5.97 Å². The lowest BCUT2D eigenvalue weighted by Gasteiger charge is -2.04. The maximum atomic E-state index is 11.1. The third-order valence-electron chi connectivity index (χ3n) is 1.49. The number of carboxylic acids is 1. The van der Waals surface area contributed by atoms with Crippen LogP contribution >= 0.6 is 11.8 Å². The van der Waals surface area contributed by atoms with E-state index in [0.29, 0.717) is 10.7 Å². The van der Waals surface area contributed by atoms with Crippen LogP contribution in [-0.4, -0.2) is 28.4 Å². The highest BCUT2D eigenvalue weighted by Gasteiger charge is 2.13. The molecule has 0 atom stereocenters. The number of carbonyl (C=O) groups is 3. The molecule has 1 N–H and O–H groups in total. The summed E-state index contributed by atoms with van der Waals surface area (Å²) < 4.78 is 0. The van der Waals surface area contributed by atoms with E-state index in [-0.39, 0.29) is 18.0 Å². The van der Waals surface area contributed by atoms with E-state index >= 15 is 0 Å². The number of allylic oxidation sites excluding steroid dienone is 4. The normalized spacial score (nSPS) is 15.6. The molecule has 0 aromatic heterocycles. The quantitative estimate of drug-likeness (QED) is 0.697. The van der Waals surface area contributed by atoms with E-state index in [1.165, 1.54) is 18.2 Å². The first-order valence-corrected chi connectivity index (χ1v) is 4.91. The fraction of sp³-hybridized carbons (Fsp3) is 0.222. The van der Waals surface area contributed by atoms with E-state index in [0.717, 1.165) is 11.8 Å². The second-order valence-electron chi connectivity index (χ2n) is 2.60. The summed E-state index contributed by atoms with van der Waals surface area (Å²) in [5, 5.41) is 8.36. The second kappa shape index (κ2) is 4.76.